The van der Waals surface area contributed by atoms with E-state index in [2.05, 4.69) is 5.32 Å². The maximum Gasteiger partial charge on any atom is 0.214 e. The number of amides is 1. The number of piperazine rings is 1. The molecule has 1 aliphatic heterocycles. The van der Waals surface area contributed by atoms with Crippen LogP contribution in [0.1, 0.15) is 0 Å². The summed E-state index contributed by atoms with van der Waals surface area (Å²) in [5.41, 5.74) is 0. The summed E-state index contributed by atoms with van der Waals surface area (Å²) in [7, 11) is 1.91. The van der Waals surface area contributed by atoms with Crippen molar-refractivity contribution in [2.24, 2.45) is 0 Å². The zero-order chi connectivity index (χ0) is 7.40. The van der Waals surface area contributed by atoms with Gasteiger partial charge in [0.2, 0.25) is 5.91 Å². The third kappa shape index (κ3) is 1.74. The van der Waals surface area contributed by atoms with E-state index in [4.69, 9.17) is 0 Å². The first-order chi connectivity index (χ1) is 4.84. The molecule has 1 N–H and O–H groups in total. The van der Waals surface area contributed by atoms with Crippen LogP contribution in [0.3, 0.4) is 0 Å². The predicted molar refractivity (Wildman–Crippen MR) is 42.8 cm³/mol. The Morgan fingerprint density at radius 2 is 2.10 bits per heavy atom. The Balaban J connectivity index is 2.31. The second kappa shape index (κ2) is 3.61. The van der Waals surface area contributed by atoms with E-state index in [-0.39, 0.29) is 5.91 Å². The van der Waals surface area contributed by atoms with Gasteiger partial charge in [-0.05, 0) is 6.32 Å². The third-order valence-electron chi connectivity index (χ3n) is 1.77. The average molecular weight is 140 g/mol. The number of carbonyl (C=O) groups excluding carboxylic acids is 1. The van der Waals surface area contributed by atoms with E-state index < -0.39 is 0 Å². The summed E-state index contributed by atoms with van der Waals surface area (Å²) in [6.07, 6.45) is 0.639. The normalized spacial score (nSPS) is 19.0. The van der Waals surface area contributed by atoms with Crippen LogP contribution in [0.4, 0.5) is 0 Å². The lowest BCUT2D eigenvalue weighted by Gasteiger charge is -2.26. The van der Waals surface area contributed by atoms with Crippen LogP contribution < -0.4 is 5.32 Å². The quantitative estimate of drug-likeness (QED) is 0.448. The minimum absolute atomic E-state index is 0.279. The first kappa shape index (κ1) is 7.60. The molecule has 0 aromatic rings. The highest BCUT2D eigenvalue weighted by molar-refractivity contribution is 6.19. The van der Waals surface area contributed by atoms with Gasteiger partial charge in [-0.1, -0.05) is 0 Å². The molecule has 1 fully saturated rings. The Hall–Kier alpha value is -0.505. The first-order valence-corrected chi connectivity index (χ1v) is 3.83. The van der Waals surface area contributed by atoms with Gasteiger partial charge in [0.1, 0.15) is 7.85 Å². The highest BCUT2D eigenvalue weighted by Crippen LogP contribution is 1.94. The van der Waals surface area contributed by atoms with Crippen molar-refractivity contribution in [3.8, 4) is 0 Å². The van der Waals surface area contributed by atoms with Crippen molar-refractivity contribution in [2.75, 3.05) is 26.2 Å². The molecule has 56 valence electrons. The lowest BCUT2D eigenvalue weighted by molar-refractivity contribution is -0.129. The van der Waals surface area contributed by atoms with Gasteiger partial charge in [-0.2, -0.15) is 0 Å². The van der Waals surface area contributed by atoms with Crippen LogP contribution in [0.15, 0.2) is 0 Å². The number of nitrogens with zero attached hydrogens (tertiary/aromatic N) is 1. The molecule has 0 saturated carbocycles. The highest BCUT2D eigenvalue weighted by Gasteiger charge is 2.12. The Morgan fingerprint density at radius 3 is 2.60 bits per heavy atom. The van der Waals surface area contributed by atoms with Crippen LogP contribution >= 0.6 is 0 Å². The summed E-state index contributed by atoms with van der Waals surface area (Å²) >= 11 is 0. The average Bonchev–Trinajstić information content (AvgIpc) is 2.05. The molecular weight excluding hydrogens is 127 g/mol. The SMILES string of the molecule is BCC(=O)N1CCNCC1. The molecule has 4 heteroatoms. The van der Waals surface area contributed by atoms with Gasteiger partial charge in [-0.25, -0.2) is 0 Å². The van der Waals surface area contributed by atoms with E-state index in [1.807, 2.05) is 12.7 Å². The minimum Gasteiger partial charge on any atom is -0.341 e. The van der Waals surface area contributed by atoms with Gasteiger partial charge >= 0.3 is 0 Å². The van der Waals surface area contributed by atoms with E-state index in [9.17, 15) is 4.79 Å². The molecule has 0 unspecified atom stereocenters. The fourth-order valence-corrected chi connectivity index (χ4v) is 1.14. The summed E-state index contributed by atoms with van der Waals surface area (Å²) in [4.78, 5) is 13.0. The monoisotopic (exact) mass is 140 g/mol. The van der Waals surface area contributed by atoms with Crippen molar-refractivity contribution in [3.05, 3.63) is 0 Å². The van der Waals surface area contributed by atoms with Gasteiger partial charge in [-0.15, -0.1) is 0 Å². The fraction of sp³-hybridized carbons (Fsp3) is 0.833. The summed E-state index contributed by atoms with van der Waals surface area (Å²) in [5.74, 6) is 0.279. The summed E-state index contributed by atoms with van der Waals surface area (Å²) < 4.78 is 0. The third-order valence-corrected chi connectivity index (χ3v) is 1.77. The number of hydrogen-bond acceptors (Lipinski definition) is 2. The highest BCUT2D eigenvalue weighted by atomic mass is 16.2. The van der Waals surface area contributed by atoms with E-state index >= 15 is 0 Å². The second-order valence-corrected chi connectivity index (χ2v) is 2.48. The standard InChI is InChI=1S/C6H13BN2O/c7-5-6(10)9-3-1-8-2-4-9/h8H,1-5,7H2. The summed E-state index contributed by atoms with van der Waals surface area (Å²) in [5, 5.41) is 3.20. The molecule has 0 spiro atoms. The van der Waals surface area contributed by atoms with Crippen molar-refractivity contribution in [2.45, 2.75) is 6.32 Å². The molecule has 3 nitrogen and oxygen atoms in total. The van der Waals surface area contributed by atoms with Crippen molar-refractivity contribution in [1.82, 2.24) is 10.2 Å². The molecule has 1 heterocycles. The fourth-order valence-electron chi connectivity index (χ4n) is 1.14. The molecule has 1 aliphatic rings. The Bertz CT molecular complexity index is 123. The lowest BCUT2D eigenvalue weighted by Crippen LogP contribution is -2.46. The number of carbonyl (C=O) groups is 1. The maximum absolute atomic E-state index is 11.1. The second-order valence-electron chi connectivity index (χ2n) is 2.48. The van der Waals surface area contributed by atoms with Gasteiger partial charge in [0.05, 0.1) is 0 Å². The van der Waals surface area contributed by atoms with Crippen LogP contribution in [-0.4, -0.2) is 44.8 Å². The molecular formula is C6H13BN2O. The van der Waals surface area contributed by atoms with Crippen LogP contribution in [0.25, 0.3) is 0 Å². The molecule has 0 aliphatic carbocycles. The molecule has 1 saturated heterocycles. The van der Waals surface area contributed by atoms with Crippen LogP contribution in [-0.2, 0) is 4.79 Å². The van der Waals surface area contributed by atoms with Crippen molar-refractivity contribution >= 4 is 13.8 Å². The molecule has 1 amide bonds. The first-order valence-electron chi connectivity index (χ1n) is 3.83. The Kier molecular flexibility index (Phi) is 2.74. The topological polar surface area (TPSA) is 32.3 Å². The predicted octanol–water partition coefficient (Wildman–Crippen LogP) is -1.53. The summed E-state index contributed by atoms with van der Waals surface area (Å²) in [6.45, 7) is 3.66. The van der Waals surface area contributed by atoms with Gasteiger partial charge in [0, 0.05) is 26.2 Å². The van der Waals surface area contributed by atoms with Gasteiger partial charge in [0.15, 0.2) is 0 Å². The molecule has 0 aromatic carbocycles. The lowest BCUT2D eigenvalue weighted by atomic mass is 10.0. The largest absolute Gasteiger partial charge is 0.341 e. The minimum atomic E-state index is 0.279. The van der Waals surface area contributed by atoms with Crippen LogP contribution in [0.2, 0.25) is 6.32 Å². The van der Waals surface area contributed by atoms with E-state index in [1.165, 1.54) is 0 Å². The smallest absolute Gasteiger partial charge is 0.214 e. The molecule has 0 radical (unpaired) electrons. The zero-order valence-corrected chi connectivity index (χ0v) is 6.39. The van der Waals surface area contributed by atoms with Crippen LogP contribution in [0.5, 0.6) is 0 Å². The molecule has 1 rings (SSSR count). The van der Waals surface area contributed by atoms with Crippen molar-refractivity contribution in [1.29, 1.82) is 0 Å². The van der Waals surface area contributed by atoms with E-state index in [0.717, 1.165) is 26.2 Å². The van der Waals surface area contributed by atoms with Crippen molar-refractivity contribution in [3.63, 3.8) is 0 Å². The maximum atomic E-state index is 11.1. The molecule has 0 bridgehead atoms. The van der Waals surface area contributed by atoms with Crippen molar-refractivity contribution < 1.29 is 4.79 Å². The molecule has 10 heavy (non-hydrogen) atoms. The van der Waals surface area contributed by atoms with Crippen LogP contribution in [0, 0.1) is 0 Å². The van der Waals surface area contributed by atoms with Gasteiger partial charge < -0.3 is 10.2 Å². The van der Waals surface area contributed by atoms with Gasteiger partial charge in [-0.3, -0.25) is 4.79 Å². The van der Waals surface area contributed by atoms with E-state index in [1.54, 1.807) is 0 Å². The van der Waals surface area contributed by atoms with Gasteiger partial charge in [0.25, 0.3) is 0 Å². The summed E-state index contributed by atoms with van der Waals surface area (Å²) in [6, 6.07) is 0. The zero-order valence-electron chi connectivity index (χ0n) is 6.39. The number of hydrogen-bond donors (Lipinski definition) is 1. The number of nitrogens with one attached hydrogen (secondary N) is 1. The Labute approximate surface area is 62.2 Å². The molecule has 0 atom stereocenters. The molecule has 0 aromatic heterocycles. The Morgan fingerprint density at radius 1 is 1.50 bits per heavy atom. The van der Waals surface area contributed by atoms with E-state index in [0.29, 0.717) is 6.32 Å². The number of rotatable bonds is 1.